The van der Waals surface area contributed by atoms with E-state index in [1.807, 2.05) is 39.8 Å². The van der Waals surface area contributed by atoms with Crippen LogP contribution in [0.25, 0.3) is 0 Å². The molecule has 0 aliphatic carbocycles. The Morgan fingerprint density at radius 1 is 1.00 bits per heavy atom. The van der Waals surface area contributed by atoms with Crippen molar-refractivity contribution in [3.05, 3.63) is 52.1 Å². The lowest BCUT2D eigenvalue weighted by Crippen LogP contribution is -2.54. The van der Waals surface area contributed by atoms with Crippen LogP contribution in [0.2, 0.25) is 0 Å². The van der Waals surface area contributed by atoms with Gasteiger partial charge in [0.2, 0.25) is 6.29 Å². The number of aliphatic hydroxyl groups excluding tert-OH is 3. The Bertz CT molecular complexity index is 1000. The molecule has 1 aromatic rings. The lowest BCUT2D eigenvalue weighted by atomic mass is 9.97. The molecule has 3 aliphatic heterocycles. The van der Waals surface area contributed by atoms with Crippen molar-refractivity contribution in [2.24, 2.45) is 5.92 Å². The second-order valence-corrected chi connectivity index (χ2v) is 11.4. The normalized spacial score (nSPS) is 29.0. The van der Waals surface area contributed by atoms with E-state index in [2.05, 4.69) is 4.90 Å². The molecule has 1 aromatic carbocycles. The average Bonchev–Trinajstić information content (AvgIpc) is 3.50. The highest BCUT2D eigenvalue weighted by atomic mass is 16.7. The van der Waals surface area contributed by atoms with E-state index in [1.54, 1.807) is 12.1 Å². The van der Waals surface area contributed by atoms with E-state index < -0.39 is 24.6 Å². The molecule has 8 nitrogen and oxygen atoms in total. The molecule has 0 radical (unpaired) electrons. The van der Waals surface area contributed by atoms with E-state index in [-0.39, 0.29) is 12.6 Å². The maximum absolute atomic E-state index is 13.3. The summed E-state index contributed by atoms with van der Waals surface area (Å²) in [4.78, 5) is 15.8. The smallest absolute Gasteiger partial charge is 0.338 e. The highest BCUT2D eigenvalue weighted by molar-refractivity contribution is 5.90. The van der Waals surface area contributed by atoms with Crippen LogP contribution in [0, 0.1) is 5.92 Å². The van der Waals surface area contributed by atoms with Gasteiger partial charge in [0, 0.05) is 12.0 Å². The van der Waals surface area contributed by atoms with E-state index in [4.69, 9.17) is 14.2 Å². The number of carbonyl (C=O) groups excluding carboxylic acids is 1. The molecular formula is C30H43NO7. The molecule has 3 heterocycles. The van der Waals surface area contributed by atoms with E-state index in [9.17, 15) is 20.1 Å². The Morgan fingerprint density at radius 3 is 2.29 bits per heavy atom. The molecule has 1 unspecified atom stereocenters. The molecule has 210 valence electrons. The Hall–Kier alpha value is -2.23. The van der Waals surface area contributed by atoms with Crippen molar-refractivity contribution in [3.63, 3.8) is 0 Å². The number of ether oxygens (including phenoxy) is 3. The standard InChI is InChI=1S/C30H43NO7/c1-18(2)7-9-20-14-23(29(35)36-16-22-11-13-31-12-5-6-24(22)31)15-21(10-8-19(3)4)28(20)38-30-27(34)26(33)25(32)17-37-30/h7-8,14-15,22,24-27,30,32-34H,5-6,9-13,16-17H2,1-4H3/t22-,24?,25-,26-,27+,30-/m0/s1. The zero-order chi connectivity index (χ0) is 27.4. The zero-order valence-electron chi connectivity index (χ0n) is 23.1. The number of allylic oxidation sites excluding steroid dienone is 4. The number of carbonyl (C=O) groups is 1. The third kappa shape index (κ3) is 6.85. The SMILES string of the molecule is CC(C)=CCc1cc(C(=O)OC[C@@H]2CCN3CCCC23)cc(CC=C(C)C)c1O[C@@H]1OC[C@H](O)[C@H](O)[C@H]1O. The molecule has 3 N–H and O–H groups in total. The summed E-state index contributed by atoms with van der Waals surface area (Å²) in [6.07, 6.45) is 3.43. The highest BCUT2D eigenvalue weighted by Gasteiger charge is 2.40. The number of benzene rings is 1. The van der Waals surface area contributed by atoms with Crippen LogP contribution in [0.4, 0.5) is 0 Å². The van der Waals surface area contributed by atoms with Gasteiger partial charge < -0.3 is 29.5 Å². The van der Waals surface area contributed by atoms with Crippen molar-refractivity contribution >= 4 is 5.97 Å². The Labute approximate surface area is 225 Å². The van der Waals surface area contributed by atoms with Crippen LogP contribution in [-0.4, -0.2) is 83.1 Å². The van der Waals surface area contributed by atoms with Crippen LogP contribution in [0.3, 0.4) is 0 Å². The molecule has 0 amide bonds. The number of nitrogens with zero attached hydrogens (tertiary/aromatic N) is 1. The molecule has 6 atom stereocenters. The topological polar surface area (TPSA) is 109 Å². The van der Waals surface area contributed by atoms with Gasteiger partial charge in [-0.15, -0.1) is 0 Å². The highest BCUT2D eigenvalue weighted by Crippen LogP contribution is 2.34. The van der Waals surface area contributed by atoms with Crippen LogP contribution >= 0.6 is 0 Å². The predicted molar refractivity (Wildman–Crippen MR) is 144 cm³/mol. The van der Waals surface area contributed by atoms with Crippen molar-refractivity contribution in [3.8, 4) is 5.75 Å². The third-order valence-electron chi connectivity index (χ3n) is 7.80. The summed E-state index contributed by atoms with van der Waals surface area (Å²) >= 11 is 0. The maximum atomic E-state index is 13.3. The molecule has 3 fully saturated rings. The fourth-order valence-corrected chi connectivity index (χ4v) is 5.60. The van der Waals surface area contributed by atoms with Crippen LogP contribution in [0.1, 0.15) is 68.4 Å². The minimum atomic E-state index is -1.42. The van der Waals surface area contributed by atoms with Gasteiger partial charge in [-0.25, -0.2) is 4.79 Å². The third-order valence-corrected chi connectivity index (χ3v) is 7.80. The van der Waals surface area contributed by atoms with E-state index >= 15 is 0 Å². The summed E-state index contributed by atoms with van der Waals surface area (Å²) in [5, 5.41) is 30.5. The van der Waals surface area contributed by atoms with E-state index in [0.717, 1.165) is 41.8 Å². The van der Waals surface area contributed by atoms with Gasteiger partial charge in [0.25, 0.3) is 0 Å². The lowest BCUT2D eigenvalue weighted by Gasteiger charge is -2.35. The molecule has 3 aliphatic rings. The molecule has 0 spiro atoms. The van der Waals surface area contributed by atoms with Crippen molar-refractivity contribution in [2.75, 3.05) is 26.3 Å². The summed E-state index contributed by atoms with van der Waals surface area (Å²) in [7, 11) is 0. The largest absolute Gasteiger partial charge is 0.462 e. The van der Waals surface area contributed by atoms with Crippen LogP contribution < -0.4 is 4.74 Å². The number of esters is 1. The predicted octanol–water partition coefficient (Wildman–Crippen LogP) is 3.16. The number of hydrogen-bond acceptors (Lipinski definition) is 8. The molecule has 38 heavy (non-hydrogen) atoms. The maximum Gasteiger partial charge on any atom is 0.338 e. The summed E-state index contributed by atoms with van der Waals surface area (Å²) in [6, 6.07) is 4.11. The first-order valence-corrected chi connectivity index (χ1v) is 13.8. The van der Waals surface area contributed by atoms with Gasteiger partial charge in [-0.05, 0) is 96.1 Å². The Morgan fingerprint density at radius 2 is 1.66 bits per heavy atom. The van der Waals surface area contributed by atoms with Crippen LogP contribution in [-0.2, 0) is 22.3 Å². The number of aliphatic hydroxyl groups is 3. The monoisotopic (exact) mass is 529 g/mol. The van der Waals surface area contributed by atoms with Gasteiger partial charge >= 0.3 is 5.97 Å². The van der Waals surface area contributed by atoms with Gasteiger partial charge in [0.15, 0.2) is 0 Å². The van der Waals surface area contributed by atoms with Crippen molar-refractivity contribution in [1.29, 1.82) is 0 Å². The molecule has 8 heteroatoms. The van der Waals surface area contributed by atoms with Crippen molar-refractivity contribution in [1.82, 2.24) is 4.90 Å². The number of fused-ring (bicyclic) bond motifs is 1. The first-order valence-electron chi connectivity index (χ1n) is 13.8. The first kappa shape index (κ1) is 28.8. The van der Waals surface area contributed by atoms with Crippen LogP contribution in [0.15, 0.2) is 35.4 Å². The van der Waals surface area contributed by atoms with Gasteiger partial charge in [-0.1, -0.05) is 23.3 Å². The van der Waals surface area contributed by atoms with Gasteiger partial charge in [0.1, 0.15) is 24.1 Å². The minimum absolute atomic E-state index is 0.153. The molecule has 4 rings (SSSR count). The van der Waals surface area contributed by atoms with Gasteiger partial charge in [-0.2, -0.15) is 0 Å². The van der Waals surface area contributed by atoms with E-state index in [0.29, 0.717) is 42.7 Å². The fraction of sp³-hybridized carbons (Fsp3) is 0.633. The summed E-state index contributed by atoms with van der Waals surface area (Å²) in [5.74, 6) is 0.532. The van der Waals surface area contributed by atoms with E-state index in [1.165, 1.54) is 12.8 Å². The zero-order valence-corrected chi connectivity index (χ0v) is 23.1. The summed E-state index contributed by atoms with van der Waals surface area (Å²) in [5.41, 5.74) is 4.22. The lowest BCUT2D eigenvalue weighted by molar-refractivity contribution is -0.242. The second kappa shape index (κ2) is 12.7. The average molecular weight is 530 g/mol. The molecule has 0 aromatic heterocycles. The molecule has 0 bridgehead atoms. The first-order chi connectivity index (χ1) is 18.1. The fourth-order valence-electron chi connectivity index (χ4n) is 5.60. The number of rotatable bonds is 9. The van der Waals surface area contributed by atoms with Gasteiger partial charge in [-0.3, -0.25) is 4.90 Å². The van der Waals surface area contributed by atoms with Crippen LogP contribution in [0.5, 0.6) is 5.75 Å². The summed E-state index contributed by atoms with van der Waals surface area (Å²) in [6.45, 7) is 10.5. The quantitative estimate of drug-likeness (QED) is 0.331. The molecule has 3 saturated heterocycles. The van der Waals surface area contributed by atoms with Crippen molar-refractivity contribution < 1.29 is 34.3 Å². The Kier molecular flexibility index (Phi) is 9.65. The molecule has 0 saturated carbocycles. The van der Waals surface area contributed by atoms with Crippen molar-refractivity contribution in [2.45, 2.75) is 90.4 Å². The minimum Gasteiger partial charge on any atom is -0.462 e. The second-order valence-electron chi connectivity index (χ2n) is 11.4. The number of hydrogen-bond donors (Lipinski definition) is 3. The summed E-state index contributed by atoms with van der Waals surface area (Å²) < 4.78 is 17.6. The Balaban J connectivity index is 1.61. The van der Waals surface area contributed by atoms with Gasteiger partial charge in [0.05, 0.1) is 18.8 Å². The molecular weight excluding hydrogens is 486 g/mol.